The third-order valence-electron chi connectivity index (χ3n) is 4.91. The molecule has 1 unspecified atom stereocenters. The van der Waals surface area contributed by atoms with Gasteiger partial charge in [0.25, 0.3) is 0 Å². The quantitative estimate of drug-likeness (QED) is 0.858. The Morgan fingerprint density at radius 2 is 2.10 bits per heavy atom. The van der Waals surface area contributed by atoms with E-state index >= 15 is 0 Å². The molecule has 1 saturated carbocycles. The zero-order valence-corrected chi connectivity index (χ0v) is 12.9. The fourth-order valence-corrected chi connectivity index (χ4v) is 3.63. The normalized spacial score (nSPS) is 23.5. The van der Waals surface area contributed by atoms with Gasteiger partial charge in [-0.15, -0.1) is 0 Å². The topological polar surface area (TPSA) is 46.1 Å². The summed E-state index contributed by atoms with van der Waals surface area (Å²) in [7, 11) is 0. The molecule has 1 aliphatic heterocycles. The van der Waals surface area contributed by atoms with Gasteiger partial charge in [-0.05, 0) is 38.2 Å². The van der Waals surface area contributed by atoms with E-state index in [1.165, 1.54) is 32.1 Å². The minimum absolute atomic E-state index is 0.320. The Balaban J connectivity index is 1.55. The van der Waals surface area contributed by atoms with Crippen LogP contribution in [-0.4, -0.2) is 33.9 Å². The van der Waals surface area contributed by atoms with E-state index in [9.17, 15) is 4.79 Å². The number of hydrogen-bond acceptors (Lipinski definition) is 3. The maximum Gasteiger partial charge on any atom is 0.222 e. The van der Waals surface area contributed by atoms with E-state index in [2.05, 4.69) is 9.97 Å². The third-order valence-corrected chi connectivity index (χ3v) is 4.91. The van der Waals surface area contributed by atoms with Gasteiger partial charge in [0.15, 0.2) is 0 Å². The van der Waals surface area contributed by atoms with Crippen LogP contribution in [0.5, 0.6) is 0 Å². The third kappa shape index (κ3) is 3.60. The van der Waals surface area contributed by atoms with Crippen LogP contribution in [0.3, 0.4) is 0 Å². The molecule has 1 atom stereocenters. The van der Waals surface area contributed by atoms with Crippen molar-refractivity contribution in [3.63, 3.8) is 0 Å². The first-order valence-electron chi connectivity index (χ1n) is 8.29. The fourth-order valence-electron chi connectivity index (χ4n) is 3.63. The molecule has 4 nitrogen and oxygen atoms in total. The lowest BCUT2D eigenvalue weighted by atomic mass is 9.87. The van der Waals surface area contributed by atoms with Gasteiger partial charge in [0.2, 0.25) is 5.91 Å². The van der Waals surface area contributed by atoms with Crippen molar-refractivity contribution >= 4 is 5.91 Å². The zero-order chi connectivity index (χ0) is 14.7. The predicted octanol–water partition coefficient (Wildman–Crippen LogP) is 3.07. The average Bonchev–Trinajstić information content (AvgIpc) is 2.98. The summed E-state index contributed by atoms with van der Waals surface area (Å²) in [4.78, 5) is 23.4. The van der Waals surface area contributed by atoms with E-state index in [-0.39, 0.29) is 0 Å². The maximum atomic E-state index is 12.4. The number of aromatic nitrogens is 2. The lowest BCUT2D eigenvalue weighted by molar-refractivity contribution is -0.131. The highest BCUT2D eigenvalue weighted by Gasteiger charge is 2.30. The van der Waals surface area contributed by atoms with Gasteiger partial charge < -0.3 is 4.90 Å². The van der Waals surface area contributed by atoms with Crippen molar-refractivity contribution < 1.29 is 4.79 Å². The first kappa shape index (κ1) is 14.5. The van der Waals surface area contributed by atoms with Gasteiger partial charge in [-0.25, -0.2) is 9.97 Å². The number of aryl methyl sites for hydroxylation is 1. The molecule has 114 valence electrons. The Bertz CT molecular complexity index is 497. The molecule has 21 heavy (non-hydrogen) atoms. The first-order chi connectivity index (χ1) is 10.2. The molecule has 1 amide bonds. The lowest BCUT2D eigenvalue weighted by Gasteiger charge is -2.24. The van der Waals surface area contributed by atoms with Gasteiger partial charge in [0, 0.05) is 37.3 Å². The fraction of sp³-hybridized carbons (Fsp3) is 0.706. The standard InChI is InChI=1S/C17H25N3O/c1-13-7-9-18-17(19-13)15-8-10-20(12-15)16(21)11-14-5-3-2-4-6-14/h7,9,14-15H,2-6,8,10-12H2,1H3. The smallest absolute Gasteiger partial charge is 0.222 e. The zero-order valence-electron chi connectivity index (χ0n) is 12.9. The number of nitrogens with zero attached hydrogens (tertiary/aromatic N) is 3. The number of amides is 1. The van der Waals surface area contributed by atoms with E-state index in [1.54, 1.807) is 0 Å². The van der Waals surface area contributed by atoms with Crippen LogP contribution in [0.1, 0.15) is 62.4 Å². The Labute approximate surface area is 127 Å². The summed E-state index contributed by atoms with van der Waals surface area (Å²) < 4.78 is 0. The van der Waals surface area contributed by atoms with Crippen LogP contribution in [0.2, 0.25) is 0 Å². The molecule has 0 spiro atoms. The number of carbonyl (C=O) groups is 1. The molecule has 1 aromatic rings. The highest BCUT2D eigenvalue weighted by molar-refractivity contribution is 5.76. The first-order valence-corrected chi connectivity index (χ1v) is 8.29. The molecule has 1 saturated heterocycles. The predicted molar refractivity (Wildman–Crippen MR) is 81.9 cm³/mol. The van der Waals surface area contributed by atoms with Crippen molar-refractivity contribution in [1.82, 2.24) is 14.9 Å². The highest BCUT2D eigenvalue weighted by atomic mass is 16.2. The van der Waals surface area contributed by atoms with Crippen molar-refractivity contribution in [2.45, 2.75) is 57.8 Å². The number of hydrogen-bond donors (Lipinski definition) is 0. The molecule has 2 aliphatic rings. The summed E-state index contributed by atoms with van der Waals surface area (Å²) in [6, 6.07) is 1.92. The van der Waals surface area contributed by atoms with Gasteiger partial charge in [-0.3, -0.25) is 4.79 Å². The highest BCUT2D eigenvalue weighted by Crippen LogP contribution is 2.29. The largest absolute Gasteiger partial charge is 0.342 e. The van der Waals surface area contributed by atoms with Gasteiger partial charge in [-0.2, -0.15) is 0 Å². The SMILES string of the molecule is Cc1ccnc(C2CCN(C(=O)CC3CCCCC3)C2)n1. The van der Waals surface area contributed by atoms with E-state index in [0.717, 1.165) is 37.4 Å². The molecule has 2 fully saturated rings. The van der Waals surface area contributed by atoms with Crippen molar-refractivity contribution in [1.29, 1.82) is 0 Å². The maximum absolute atomic E-state index is 12.4. The van der Waals surface area contributed by atoms with E-state index in [4.69, 9.17) is 0 Å². The summed E-state index contributed by atoms with van der Waals surface area (Å²) in [5.41, 5.74) is 1.01. The molecule has 0 radical (unpaired) electrons. The summed E-state index contributed by atoms with van der Waals surface area (Å²) in [6.45, 7) is 3.66. The molecule has 0 aromatic carbocycles. The van der Waals surface area contributed by atoms with Gasteiger partial charge in [0.05, 0.1) is 0 Å². The Morgan fingerprint density at radius 3 is 2.86 bits per heavy atom. The van der Waals surface area contributed by atoms with Gasteiger partial charge in [-0.1, -0.05) is 19.3 Å². The molecular weight excluding hydrogens is 262 g/mol. The van der Waals surface area contributed by atoms with Crippen LogP contribution in [0, 0.1) is 12.8 Å². The van der Waals surface area contributed by atoms with Crippen molar-refractivity contribution in [2.75, 3.05) is 13.1 Å². The van der Waals surface area contributed by atoms with Crippen LogP contribution in [0.15, 0.2) is 12.3 Å². The van der Waals surface area contributed by atoms with E-state index < -0.39 is 0 Å². The Hall–Kier alpha value is -1.45. The average molecular weight is 287 g/mol. The van der Waals surface area contributed by atoms with Crippen molar-refractivity contribution in [3.8, 4) is 0 Å². The minimum Gasteiger partial charge on any atom is -0.342 e. The molecule has 0 N–H and O–H groups in total. The number of likely N-dealkylation sites (tertiary alicyclic amines) is 1. The Kier molecular flexibility index (Phi) is 4.51. The summed E-state index contributed by atoms with van der Waals surface area (Å²) >= 11 is 0. The van der Waals surface area contributed by atoms with Gasteiger partial charge >= 0.3 is 0 Å². The Morgan fingerprint density at radius 1 is 1.29 bits per heavy atom. The number of carbonyl (C=O) groups excluding carboxylic acids is 1. The molecule has 3 rings (SSSR count). The second kappa shape index (κ2) is 6.54. The van der Waals surface area contributed by atoms with Gasteiger partial charge in [0.1, 0.15) is 5.82 Å². The monoisotopic (exact) mass is 287 g/mol. The molecule has 1 aromatic heterocycles. The number of rotatable bonds is 3. The van der Waals surface area contributed by atoms with Crippen LogP contribution in [-0.2, 0) is 4.79 Å². The summed E-state index contributed by atoms with van der Waals surface area (Å²) in [6.07, 6.45) is 10.0. The van der Waals surface area contributed by atoms with Crippen LogP contribution in [0.4, 0.5) is 0 Å². The second-order valence-corrected chi connectivity index (χ2v) is 6.59. The van der Waals surface area contributed by atoms with E-state index in [1.807, 2.05) is 24.1 Å². The summed E-state index contributed by atoms with van der Waals surface area (Å²) in [5.74, 6) is 2.20. The van der Waals surface area contributed by atoms with E-state index in [0.29, 0.717) is 17.7 Å². The second-order valence-electron chi connectivity index (χ2n) is 6.59. The van der Waals surface area contributed by atoms with Crippen LogP contribution in [0.25, 0.3) is 0 Å². The molecule has 4 heteroatoms. The minimum atomic E-state index is 0.320. The molecule has 1 aliphatic carbocycles. The van der Waals surface area contributed by atoms with Crippen molar-refractivity contribution in [3.05, 3.63) is 23.8 Å². The lowest BCUT2D eigenvalue weighted by Crippen LogP contribution is -2.30. The summed E-state index contributed by atoms with van der Waals surface area (Å²) in [5, 5.41) is 0. The molecule has 0 bridgehead atoms. The van der Waals surface area contributed by atoms with Crippen LogP contribution >= 0.6 is 0 Å². The van der Waals surface area contributed by atoms with Crippen LogP contribution < -0.4 is 0 Å². The van der Waals surface area contributed by atoms with Crippen molar-refractivity contribution in [2.24, 2.45) is 5.92 Å². The molecule has 2 heterocycles. The molecular formula is C17H25N3O.